The van der Waals surface area contributed by atoms with Crippen LogP contribution in [-0.2, 0) is 13.0 Å². The van der Waals surface area contributed by atoms with Gasteiger partial charge in [0.1, 0.15) is 0 Å². The zero-order chi connectivity index (χ0) is 12.6. The van der Waals surface area contributed by atoms with Crippen LogP contribution in [0.5, 0.6) is 0 Å². The van der Waals surface area contributed by atoms with Crippen molar-refractivity contribution >= 4 is 11.6 Å². The summed E-state index contributed by atoms with van der Waals surface area (Å²) in [6.07, 6.45) is 2.14. The Labute approximate surface area is 114 Å². The van der Waals surface area contributed by atoms with Crippen LogP contribution in [0, 0.1) is 0 Å². The smallest absolute Gasteiger partial charge is 0.0437 e. The van der Waals surface area contributed by atoms with Gasteiger partial charge in [-0.15, -0.1) is 0 Å². The van der Waals surface area contributed by atoms with Gasteiger partial charge in [-0.2, -0.15) is 0 Å². The standard InChI is InChI=1S/C16H18ClN/c17-16-11-5-4-9-15(16)10-6-12-18-13-14-7-2-1-3-8-14/h1-5,7-9,11,18H,6,10,12-13H2. The van der Waals surface area contributed by atoms with Crippen molar-refractivity contribution < 1.29 is 0 Å². The second-order valence-electron chi connectivity index (χ2n) is 4.36. The van der Waals surface area contributed by atoms with E-state index in [2.05, 4.69) is 35.6 Å². The van der Waals surface area contributed by atoms with Crippen LogP contribution >= 0.6 is 11.6 Å². The summed E-state index contributed by atoms with van der Waals surface area (Å²) < 4.78 is 0. The van der Waals surface area contributed by atoms with Crippen molar-refractivity contribution in [1.82, 2.24) is 5.32 Å². The van der Waals surface area contributed by atoms with E-state index in [-0.39, 0.29) is 0 Å². The average molecular weight is 260 g/mol. The number of rotatable bonds is 6. The Morgan fingerprint density at radius 3 is 2.39 bits per heavy atom. The molecule has 0 unspecified atom stereocenters. The van der Waals surface area contributed by atoms with Gasteiger partial charge in [-0.3, -0.25) is 0 Å². The summed E-state index contributed by atoms with van der Waals surface area (Å²) in [5, 5.41) is 4.32. The first kappa shape index (κ1) is 13.1. The molecule has 0 amide bonds. The van der Waals surface area contributed by atoms with E-state index in [1.807, 2.05) is 24.3 Å². The molecular formula is C16H18ClN. The van der Waals surface area contributed by atoms with Crippen LogP contribution in [0.25, 0.3) is 0 Å². The van der Waals surface area contributed by atoms with E-state index in [0.717, 1.165) is 31.0 Å². The number of halogens is 1. The molecule has 0 saturated carbocycles. The predicted molar refractivity (Wildman–Crippen MR) is 77.9 cm³/mol. The van der Waals surface area contributed by atoms with Crippen LogP contribution in [-0.4, -0.2) is 6.54 Å². The SMILES string of the molecule is Clc1ccccc1CCCNCc1ccccc1. The second-order valence-corrected chi connectivity index (χ2v) is 4.76. The van der Waals surface area contributed by atoms with Gasteiger partial charge in [0.05, 0.1) is 0 Å². The van der Waals surface area contributed by atoms with E-state index >= 15 is 0 Å². The number of benzene rings is 2. The fraction of sp³-hybridized carbons (Fsp3) is 0.250. The van der Waals surface area contributed by atoms with Crippen molar-refractivity contribution in [2.45, 2.75) is 19.4 Å². The number of aryl methyl sites for hydroxylation is 1. The highest BCUT2D eigenvalue weighted by Gasteiger charge is 1.98. The average Bonchev–Trinajstić information content (AvgIpc) is 2.42. The molecule has 0 atom stereocenters. The molecule has 0 aliphatic rings. The van der Waals surface area contributed by atoms with Gasteiger partial charge in [-0.25, -0.2) is 0 Å². The minimum atomic E-state index is 0.876. The van der Waals surface area contributed by atoms with Crippen molar-refractivity contribution in [2.24, 2.45) is 0 Å². The molecule has 2 aromatic carbocycles. The Morgan fingerprint density at radius 2 is 1.61 bits per heavy atom. The lowest BCUT2D eigenvalue weighted by atomic mass is 10.1. The molecule has 0 radical (unpaired) electrons. The van der Waals surface area contributed by atoms with Crippen molar-refractivity contribution in [3.63, 3.8) is 0 Å². The molecule has 1 nitrogen and oxygen atoms in total. The van der Waals surface area contributed by atoms with Crippen LogP contribution in [0.15, 0.2) is 54.6 Å². The van der Waals surface area contributed by atoms with Crippen molar-refractivity contribution in [3.8, 4) is 0 Å². The van der Waals surface area contributed by atoms with Gasteiger partial charge in [0, 0.05) is 11.6 Å². The molecule has 2 aromatic rings. The lowest BCUT2D eigenvalue weighted by Crippen LogP contribution is -2.15. The first-order chi connectivity index (χ1) is 8.86. The maximum atomic E-state index is 6.11. The lowest BCUT2D eigenvalue weighted by Gasteiger charge is -2.06. The normalized spacial score (nSPS) is 10.5. The minimum Gasteiger partial charge on any atom is -0.313 e. The van der Waals surface area contributed by atoms with Crippen molar-refractivity contribution in [1.29, 1.82) is 0 Å². The van der Waals surface area contributed by atoms with Crippen LogP contribution in [0.3, 0.4) is 0 Å². The maximum Gasteiger partial charge on any atom is 0.0437 e. The maximum absolute atomic E-state index is 6.11. The topological polar surface area (TPSA) is 12.0 Å². The third kappa shape index (κ3) is 4.17. The molecule has 0 aliphatic carbocycles. The highest BCUT2D eigenvalue weighted by Crippen LogP contribution is 2.16. The molecule has 0 heterocycles. The molecular weight excluding hydrogens is 242 g/mol. The van der Waals surface area contributed by atoms with Gasteiger partial charge >= 0.3 is 0 Å². The summed E-state index contributed by atoms with van der Waals surface area (Å²) in [6.45, 7) is 1.95. The number of nitrogens with one attached hydrogen (secondary N) is 1. The summed E-state index contributed by atoms with van der Waals surface area (Å²) in [5.41, 5.74) is 2.57. The molecule has 0 saturated heterocycles. The fourth-order valence-corrected chi connectivity index (χ4v) is 2.16. The van der Waals surface area contributed by atoms with Crippen LogP contribution in [0.1, 0.15) is 17.5 Å². The van der Waals surface area contributed by atoms with Crippen molar-refractivity contribution in [2.75, 3.05) is 6.54 Å². The van der Waals surface area contributed by atoms with Gasteiger partial charge in [0.15, 0.2) is 0 Å². The Balaban J connectivity index is 1.66. The summed E-state index contributed by atoms with van der Waals surface area (Å²) >= 11 is 6.11. The van der Waals surface area contributed by atoms with E-state index in [9.17, 15) is 0 Å². The van der Waals surface area contributed by atoms with Gasteiger partial charge in [0.25, 0.3) is 0 Å². The first-order valence-corrected chi connectivity index (χ1v) is 6.72. The lowest BCUT2D eigenvalue weighted by molar-refractivity contribution is 0.649. The van der Waals surface area contributed by atoms with Gasteiger partial charge < -0.3 is 5.32 Å². The Morgan fingerprint density at radius 1 is 0.889 bits per heavy atom. The Kier molecular flexibility index (Phi) is 5.25. The Hall–Kier alpha value is -1.31. The molecule has 94 valence electrons. The Bertz CT molecular complexity index is 468. The largest absolute Gasteiger partial charge is 0.313 e. The van der Waals surface area contributed by atoms with E-state index < -0.39 is 0 Å². The summed E-state index contributed by atoms with van der Waals surface area (Å²) in [4.78, 5) is 0. The van der Waals surface area contributed by atoms with Gasteiger partial charge in [-0.05, 0) is 36.6 Å². The van der Waals surface area contributed by atoms with E-state index in [0.29, 0.717) is 0 Å². The molecule has 2 rings (SSSR count). The highest BCUT2D eigenvalue weighted by molar-refractivity contribution is 6.31. The van der Waals surface area contributed by atoms with Gasteiger partial charge in [0.2, 0.25) is 0 Å². The highest BCUT2D eigenvalue weighted by atomic mass is 35.5. The number of hydrogen-bond donors (Lipinski definition) is 1. The summed E-state index contributed by atoms with van der Waals surface area (Å²) in [6, 6.07) is 18.5. The third-order valence-electron chi connectivity index (χ3n) is 2.93. The number of hydrogen-bond acceptors (Lipinski definition) is 1. The summed E-state index contributed by atoms with van der Waals surface area (Å²) in [5.74, 6) is 0. The van der Waals surface area contributed by atoms with E-state index in [1.165, 1.54) is 11.1 Å². The zero-order valence-corrected chi connectivity index (χ0v) is 11.2. The molecule has 0 bridgehead atoms. The second kappa shape index (κ2) is 7.20. The molecule has 0 fully saturated rings. The first-order valence-electron chi connectivity index (χ1n) is 6.34. The monoisotopic (exact) mass is 259 g/mol. The molecule has 0 aromatic heterocycles. The molecule has 0 aliphatic heterocycles. The third-order valence-corrected chi connectivity index (χ3v) is 3.30. The van der Waals surface area contributed by atoms with Crippen LogP contribution < -0.4 is 5.32 Å². The predicted octanol–water partition coefficient (Wildman–Crippen LogP) is 4.06. The quantitative estimate of drug-likeness (QED) is 0.772. The zero-order valence-electron chi connectivity index (χ0n) is 10.4. The van der Waals surface area contributed by atoms with Gasteiger partial charge in [-0.1, -0.05) is 60.1 Å². The van der Waals surface area contributed by atoms with Crippen LogP contribution in [0.2, 0.25) is 5.02 Å². The molecule has 1 N–H and O–H groups in total. The summed E-state index contributed by atoms with van der Waals surface area (Å²) in [7, 11) is 0. The fourth-order valence-electron chi connectivity index (χ4n) is 1.93. The molecule has 18 heavy (non-hydrogen) atoms. The van der Waals surface area contributed by atoms with E-state index in [4.69, 9.17) is 11.6 Å². The van der Waals surface area contributed by atoms with Crippen LogP contribution in [0.4, 0.5) is 0 Å². The van der Waals surface area contributed by atoms with E-state index in [1.54, 1.807) is 0 Å². The minimum absolute atomic E-state index is 0.876. The van der Waals surface area contributed by atoms with Crippen molar-refractivity contribution in [3.05, 3.63) is 70.7 Å². The molecule has 2 heteroatoms. The molecule has 0 spiro atoms.